The van der Waals surface area contributed by atoms with Gasteiger partial charge in [-0.3, -0.25) is 0 Å². The van der Waals surface area contributed by atoms with Crippen LogP contribution in [-0.2, 0) is 0 Å². The molecular formula is C17H19BrClNO. The molecule has 0 saturated heterocycles. The quantitative estimate of drug-likeness (QED) is 0.791. The first-order valence-corrected chi connectivity index (χ1v) is 8.07. The van der Waals surface area contributed by atoms with Crippen LogP contribution < -0.4 is 10.1 Å². The van der Waals surface area contributed by atoms with Gasteiger partial charge in [0.1, 0.15) is 5.75 Å². The molecule has 0 bridgehead atoms. The third-order valence-electron chi connectivity index (χ3n) is 3.45. The number of halogens is 2. The summed E-state index contributed by atoms with van der Waals surface area (Å²) in [5.41, 5.74) is 3.27. The van der Waals surface area contributed by atoms with Gasteiger partial charge in [-0.1, -0.05) is 52.7 Å². The highest BCUT2D eigenvalue weighted by Gasteiger charge is 2.20. The maximum absolute atomic E-state index is 6.38. The number of aryl methyl sites for hydroxylation is 1. The normalized spacial score (nSPS) is 12.2. The first-order chi connectivity index (χ1) is 10.1. The van der Waals surface area contributed by atoms with Gasteiger partial charge in [-0.15, -0.1) is 0 Å². The highest BCUT2D eigenvalue weighted by Crippen LogP contribution is 2.36. The molecule has 2 nitrogen and oxygen atoms in total. The van der Waals surface area contributed by atoms with Gasteiger partial charge in [0.05, 0.1) is 13.2 Å². The maximum atomic E-state index is 6.38. The fourth-order valence-corrected chi connectivity index (χ4v) is 2.98. The second kappa shape index (κ2) is 7.30. The highest BCUT2D eigenvalue weighted by atomic mass is 79.9. The molecule has 1 N–H and O–H groups in total. The van der Waals surface area contributed by atoms with Gasteiger partial charge in [0.2, 0.25) is 0 Å². The molecule has 0 aliphatic carbocycles. The monoisotopic (exact) mass is 367 g/mol. The van der Waals surface area contributed by atoms with E-state index >= 15 is 0 Å². The van der Waals surface area contributed by atoms with Crippen LogP contribution in [0.15, 0.2) is 40.9 Å². The molecule has 0 fully saturated rings. The van der Waals surface area contributed by atoms with E-state index in [2.05, 4.69) is 34.2 Å². The summed E-state index contributed by atoms with van der Waals surface area (Å²) in [7, 11) is 1.70. The van der Waals surface area contributed by atoms with Gasteiger partial charge in [-0.25, -0.2) is 0 Å². The van der Waals surface area contributed by atoms with Crippen molar-refractivity contribution in [1.29, 1.82) is 0 Å². The minimum absolute atomic E-state index is 0.00412. The molecule has 112 valence electrons. The molecule has 21 heavy (non-hydrogen) atoms. The Bertz CT molecular complexity index is 630. The van der Waals surface area contributed by atoms with Crippen LogP contribution in [0.2, 0.25) is 5.02 Å². The summed E-state index contributed by atoms with van der Waals surface area (Å²) >= 11 is 9.98. The second-order valence-electron chi connectivity index (χ2n) is 4.86. The van der Waals surface area contributed by atoms with Crippen molar-refractivity contribution in [2.24, 2.45) is 0 Å². The zero-order valence-electron chi connectivity index (χ0n) is 12.4. The van der Waals surface area contributed by atoms with Gasteiger partial charge in [0.25, 0.3) is 0 Å². The van der Waals surface area contributed by atoms with Crippen molar-refractivity contribution in [3.63, 3.8) is 0 Å². The first-order valence-electron chi connectivity index (χ1n) is 6.90. The molecule has 0 aliphatic heterocycles. The van der Waals surface area contributed by atoms with Crippen LogP contribution in [0.4, 0.5) is 0 Å². The van der Waals surface area contributed by atoms with E-state index in [0.717, 1.165) is 38.5 Å². The van der Waals surface area contributed by atoms with E-state index in [4.69, 9.17) is 16.3 Å². The van der Waals surface area contributed by atoms with Gasteiger partial charge in [-0.05, 0) is 42.8 Å². The van der Waals surface area contributed by atoms with Crippen molar-refractivity contribution in [3.8, 4) is 5.75 Å². The molecule has 0 amide bonds. The molecule has 0 aromatic heterocycles. The van der Waals surface area contributed by atoms with Gasteiger partial charge >= 0.3 is 0 Å². The van der Waals surface area contributed by atoms with Crippen LogP contribution in [-0.4, -0.2) is 13.7 Å². The fraction of sp³-hybridized carbons (Fsp3) is 0.294. The summed E-state index contributed by atoms with van der Waals surface area (Å²) in [4.78, 5) is 0. The highest BCUT2D eigenvalue weighted by molar-refractivity contribution is 9.10. The Morgan fingerprint density at radius 1 is 1.24 bits per heavy atom. The second-order valence-corrected chi connectivity index (χ2v) is 6.12. The van der Waals surface area contributed by atoms with Crippen molar-refractivity contribution >= 4 is 27.5 Å². The number of rotatable bonds is 5. The van der Waals surface area contributed by atoms with Crippen LogP contribution in [0.3, 0.4) is 0 Å². The van der Waals surface area contributed by atoms with Gasteiger partial charge in [0.15, 0.2) is 0 Å². The third-order valence-corrected chi connectivity index (χ3v) is 4.64. The van der Waals surface area contributed by atoms with E-state index in [-0.39, 0.29) is 6.04 Å². The molecule has 0 spiro atoms. The number of nitrogens with one attached hydrogen (secondary N) is 1. The third kappa shape index (κ3) is 3.60. The van der Waals surface area contributed by atoms with Gasteiger partial charge < -0.3 is 10.1 Å². The molecule has 1 unspecified atom stereocenters. The zero-order valence-corrected chi connectivity index (χ0v) is 14.8. The maximum Gasteiger partial charge on any atom is 0.124 e. The lowest BCUT2D eigenvalue weighted by Crippen LogP contribution is -2.23. The summed E-state index contributed by atoms with van der Waals surface area (Å²) < 4.78 is 6.63. The summed E-state index contributed by atoms with van der Waals surface area (Å²) in [5.74, 6) is 0.863. The molecule has 0 radical (unpaired) electrons. The Morgan fingerprint density at radius 3 is 2.57 bits per heavy atom. The lowest BCUT2D eigenvalue weighted by Gasteiger charge is -2.23. The minimum Gasteiger partial charge on any atom is -0.496 e. The Labute approximate surface area is 139 Å². The van der Waals surface area contributed by atoms with Crippen molar-refractivity contribution in [2.45, 2.75) is 19.9 Å². The van der Waals surface area contributed by atoms with Crippen LogP contribution in [0.5, 0.6) is 5.75 Å². The average Bonchev–Trinajstić information content (AvgIpc) is 2.48. The molecule has 0 saturated carbocycles. The number of benzene rings is 2. The van der Waals surface area contributed by atoms with Crippen molar-refractivity contribution in [2.75, 3.05) is 13.7 Å². The molecule has 0 heterocycles. The molecular weight excluding hydrogens is 350 g/mol. The van der Waals surface area contributed by atoms with Crippen LogP contribution in [0.25, 0.3) is 0 Å². The summed E-state index contributed by atoms with van der Waals surface area (Å²) in [6.07, 6.45) is 0. The number of methoxy groups -OCH3 is 1. The predicted molar refractivity (Wildman–Crippen MR) is 92.4 cm³/mol. The molecule has 4 heteroatoms. The van der Waals surface area contributed by atoms with Crippen molar-refractivity contribution < 1.29 is 4.74 Å². The van der Waals surface area contributed by atoms with E-state index in [1.54, 1.807) is 7.11 Å². The largest absolute Gasteiger partial charge is 0.496 e. The topological polar surface area (TPSA) is 21.3 Å². The Morgan fingerprint density at radius 2 is 1.95 bits per heavy atom. The first kappa shape index (κ1) is 16.3. The predicted octanol–water partition coefficient (Wildman–Crippen LogP) is 5.12. The van der Waals surface area contributed by atoms with E-state index in [9.17, 15) is 0 Å². The summed E-state index contributed by atoms with van der Waals surface area (Å²) in [6, 6.07) is 12.0. The van der Waals surface area contributed by atoms with E-state index in [0.29, 0.717) is 0 Å². The van der Waals surface area contributed by atoms with Crippen LogP contribution >= 0.6 is 27.5 Å². The number of hydrogen-bond donors (Lipinski definition) is 1. The standard InChI is InChI=1S/C17H19BrClNO/c1-4-20-17(12-7-5-6-8-15(12)19)13-10-14(18)11(2)9-16(13)21-3/h5-10,17,20H,4H2,1-3H3. The lowest BCUT2D eigenvalue weighted by atomic mass is 9.96. The van der Waals surface area contributed by atoms with E-state index in [1.165, 1.54) is 0 Å². The number of hydrogen-bond acceptors (Lipinski definition) is 2. The summed E-state index contributed by atoms with van der Waals surface area (Å²) in [5, 5.41) is 4.24. The molecule has 1 atom stereocenters. The summed E-state index contributed by atoms with van der Waals surface area (Å²) in [6.45, 7) is 4.97. The van der Waals surface area contributed by atoms with Crippen molar-refractivity contribution in [1.82, 2.24) is 5.32 Å². The average molecular weight is 369 g/mol. The Hall–Kier alpha value is -1.03. The SMILES string of the molecule is CCNC(c1ccccc1Cl)c1cc(Br)c(C)cc1OC. The van der Waals surface area contributed by atoms with E-state index < -0.39 is 0 Å². The molecule has 2 aromatic carbocycles. The fourth-order valence-electron chi connectivity index (χ4n) is 2.37. The van der Waals surface area contributed by atoms with E-state index in [1.807, 2.05) is 37.3 Å². The Balaban J connectivity index is 2.58. The van der Waals surface area contributed by atoms with Crippen LogP contribution in [0, 0.1) is 6.92 Å². The van der Waals surface area contributed by atoms with Crippen molar-refractivity contribution in [3.05, 3.63) is 62.6 Å². The number of ether oxygens (including phenoxy) is 1. The lowest BCUT2D eigenvalue weighted by molar-refractivity contribution is 0.404. The molecule has 2 rings (SSSR count). The zero-order chi connectivity index (χ0) is 15.4. The van der Waals surface area contributed by atoms with Crippen LogP contribution in [0.1, 0.15) is 29.7 Å². The minimum atomic E-state index is -0.00412. The van der Waals surface area contributed by atoms with Gasteiger partial charge in [-0.2, -0.15) is 0 Å². The Kier molecular flexibility index (Phi) is 5.68. The smallest absolute Gasteiger partial charge is 0.124 e. The molecule has 0 aliphatic rings. The van der Waals surface area contributed by atoms with Gasteiger partial charge in [0, 0.05) is 15.1 Å². The molecule has 2 aromatic rings.